The SMILES string of the molecule is C.C.c1ccc2c(c1)CCC2.c1ccc2c(c1)CCCC2. The van der Waals surface area contributed by atoms with Crippen LogP contribution in [-0.2, 0) is 25.7 Å². The van der Waals surface area contributed by atoms with Crippen molar-refractivity contribution in [3.05, 3.63) is 70.8 Å². The smallest absolute Gasteiger partial charge is 0.0273 e. The van der Waals surface area contributed by atoms with Crippen molar-refractivity contribution in [1.82, 2.24) is 0 Å². The van der Waals surface area contributed by atoms with Gasteiger partial charge in [0.25, 0.3) is 0 Å². The van der Waals surface area contributed by atoms with Crippen molar-refractivity contribution in [3.8, 4) is 0 Å². The Morgan fingerprint density at radius 2 is 0.714 bits per heavy atom. The van der Waals surface area contributed by atoms with E-state index >= 15 is 0 Å². The van der Waals surface area contributed by atoms with Gasteiger partial charge in [-0.05, 0) is 67.2 Å². The van der Waals surface area contributed by atoms with Crippen LogP contribution in [0, 0.1) is 0 Å². The second-order valence-electron chi connectivity index (χ2n) is 5.60. The normalized spacial score (nSPS) is 14.5. The third kappa shape index (κ3) is 4.46. The zero-order valence-electron chi connectivity index (χ0n) is 11.6. The van der Waals surface area contributed by atoms with E-state index in [-0.39, 0.29) is 14.9 Å². The highest BCUT2D eigenvalue weighted by Crippen LogP contribution is 2.20. The zero-order valence-corrected chi connectivity index (χ0v) is 11.6. The predicted molar refractivity (Wildman–Crippen MR) is 95.0 cm³/mol. The molecule has 0 unspecified atom stereocenters. The molecule has 4 rings (SSSR count). The van der Waals surface area contributed by atoms with E-state index in [0.29, 0.717) is 0 Å². The molecule has 2 aromatic rings. The minimum atomic E-state index is 0. The summed E-state index contributed by atoms with van der Waals surface area (Å²) in [5.41, 5.74) is 6.29. The number of benzene rings is 2. The summed E-state index contributed by atoms with van der Waals surface area (Å²) in [5.74, 6) is 0. The number of hydrogen-bond donors (Lipinski definition) is 0. The van der Waals surface area contributed by atoms with Gasteiger partial charge in [-0.3, -0.25) is 0 Å². The summed E-state index contributed by atoms with van der Waals surface area (Å²) in [6.45, 7) is 0. The van der Waals surface area contributed by atoms with E-state index in [1.54, 1.807) is 22.3 Å². The fraction of sp³-hybridized carbons (Fsp3) is 0.429. The molecule has 2 aliphatic rings. The molecule has 114 valence electrons. The van der Waals surface area contributed by atoms with E-state index in [2.05, 4.69) is 48.5 Å². The molecule has 0 atom stereocenters. The summed E-state index contributed by atoms with van der Waals surface area (Å²) in [4.78, 5) is 0. The topological polar surface area (TPSA) is 0 Å². The van der Waals surface area contributed by atoms with E-state index < -0.39 is 0 Å². The van der Waals surface area contributed by atoms with E-state index in [0.717, 1.165) is 0 Å². The number of hydrogen-bond acceptors (Lipinski definition) is 0. The van der Waals surface area contributed by atoms with Crippen molar-refractivity contribution >= 4 is 0 Å². The maximum atomic E-state index is 2.26. The predicted octanol–water partition coefficient (Wildman–Crippen LogP) is 6.01. The highest BCUT2D eigenvalue weighted by atomic mass is 14.1. The Morgan fingerprint density at radius 3 is 1.05 bits per heavy atom. The van der Waals surface area contributed by atoms with Crippen LogP contribution >= 0.6 is 0 Å². The van der Waals surface area contributed by atoms with Gasteiger partial charge in [-0.1, -0.05) is 63.4 Å². The Hall–Kier alpha value is -1.56. The molecule has 0 saturated carbocycles. The van der Waals surface area contributed by atoms with Crippen LogP contribution in [0.15, 0.2) is 48.5 Å². The van der Waals surface area contributed by atoms with Crippen LogP contribution in [0.1, 0.15) is 56.4 Å². The zero-order chi connectivity index (χ0) is 12.9. The summed E-state index contributed by atoms with van der Waals surface area (Å²) in [6, 6.07) is 17.5. The van der Waals surface area contributed by atoms with E-state index in [9.17, 15) is 0 Å². The molecule has 0 aromatic heterocycles. The van der Waals surface area contributed by atoms with E-state index in [1.165, 1.54) is 44.9 Å². The van der Waals surface area contributed by atoms with Crippen molar-refractivity contribution in [2.24, 2.45) is 0 Å². The molecule has 0 heteroatoms. The molecule has 0 fully saturated rings. The maximum absolute atomic E-state index is 2.26. The lowest BCUT2D eigenvalue weighted by atomic mass is 9.92. The first-order chi connectivity index (χ1) is 9.43. The molecule has 2 aromatic carbocycles. The molecule has 0 aliphatic heterocycles. The van der Waals surface area contributed by atoms with Crippen molar-refractivity contribution in [2.45, 2.75) is 59.8 Å². The Kier molecular flexibility index (Phi) is 7.22. The molecule has 0 N–H and O–H groups in total. The summed E-state index contributed by atoms with van der Waals surface area (Å²) in [5, 5.41) is 0. The average Bonchev–Trinajstić information content (AvgIpc) is 2.96. The Balaban J connectivity index is 0.000000192. The molecular weight excluding hydrogens is 252 g/mol. The van der Waals surface area contributed by atoms with Crippen LogP contribution in [0.4, 0.5) is 0 Å². The van der Waals surface area contributed by atoms with Crippen LogP contribution in [0.2, 0.25) is 0 Å². The fourth-order valence-corrected chi connectivity index (χ4v) is 3.19. The van der Waals surface area contributed by atoms with Crippen LogP contribution in [-0.4, -0.2) is 0 Å². The molecule has 21 heavy (non-hydrogen) atoms. The highest BCUT2D eigenvalue weighted by Gasteiger charge is 2.07. The Morgan fingerprint density at radius 1 is 0.429 bits per heavy atom. The summed E-state index contributed by atoms with van der Waals surface area (Å²) < 4.78 is 0. The van der Waals surface area contributed by atoms with Gasteiger partial charge in [-0.25, -0.2) is 0 Å². The number of fused-ring (bicyclic) bond motifs is 2. The Bertz CT molecular complexity index is 491. The van der Waals surface area contributed by atoms with Gasteiger partial charge in [0, 0.05) is 0 Å². The lowest BCUT2D eigenvalue weighted by Gasteiger charge is -2.13. The van der Waals surface area contributed by atoms with Gasteiger partial charge >= 0.3 is 0 Å². The summed E-state index contributed by atoms with van der Waals surface area (Å²) >= 11 is 0. The molecule has 0 amide bonds. The first-order valence-electron chi connectivity index (χ1n) is 7.57. The van der Waals surface area contributed by atoms with E-state index in [1.807, 2.05) is 0 Å². The molecule has 0 saturated heterocycles. The van der Waals surface area contributed by atoms with Gasteiger partial charge in [-0.2, -0.15) is 0 Å². The molecule has 2 aliphatic carbocycles. The quantitative estimate of drug-likeness (QED) is 0.555. The lowest BCUT2D eigenvalue weighted by molar-refractivity contribution is 0.685. The third-order valence-electron chi connectivity index (χ3n) is 4.27. The minimum Gasteiger partial charge on any atom is -0.0776 e. The second-order valence-corrected chi connectivity index (χ2v) is 5.60. The first-order valence-corrected chi connectivity index (χ1v) is 7.57. The number of rotatable bonds is 0. The highest BCUT2D eigenvalue weighted by molar-refractivity contribution is 5.30. The van der Waals surface area contributed by atoms with Crippen LogP contribution < -0.4 is 0 Å². The van der Waals surface area contributed by atoms with Gasteiger partial charge in [0.2, 0.25) is 0 Å². The molecule has 0 radical (unpaired) electrons. The van der Waals surface area contributed by atoms with Gasteiger partial charge in [0.05, 0.1) is 0 Å². The second kappa shape index (κ2) is 8.67. The summed E-state index contributed by atoms with van der Waals surface area (Å²) in [7, 11) is 0. The van der Waals surface area contributed by atoms with Gasteiger partial charge < -0.3 is 0 Å². The van der Waals surface area contributed by atoms with Crippen molar-refractivity contribution < 1.29 is 0 Å². The molecule has 0 spiro atoms. The lowest BCUT2D eigenvalue weighted by Crippen LogP contribution is -2.00. The fourth-order valence-electron chi connectivity index (χ4n) is 3.19. The summed E-state index contributed by atoms with van der Waals surface area (Å²) in [6.07, 6.45) is 9.34. The molecule has 0 bridgehead atoms. The largest absolute Gasteiger partial charge is 0.0776 e. The minimum absolute atomic E-state index is 0. The number of aryl methyl sites for hydroxylation is 4. The molecule has 0 nitrogen and oxygen atoms in total. The molecular formula is C21H30. The Labute approximate surface area is 131 Å². The maximum Gasteiger partial charge on any atom is -0.0273 e. The molecule has 0 heterocycles. The average molecular weight is 282 g/mol. The van der Waals surface area contributed by atoms with Crippen molar-refractivity contribution in [1.29, 1.82) is 0 Å². The monoisotopic (exact) mass is 282 g/mol. The first kappa shape index (κ1) is 17.5. The van der Waals surface area contributed by atoms with Crippen LogP contribution in [0.5, 0.6) is 0 Å². The van der Waals surface area contributed by atoms with Gasteiger partial charge in [-0.15, -0.1) is 0 Å². The van der Waals surface area contributed by atoms with E-state index in [4.69, 9.17) is 0 Å². The van der Waals surface area contributed by atoms with Gasteiger partial charge in [0.15, 0.2) is 0 Å². The standard InChI is InChI=1S/C10H12.C9H10.2CH4/c1-2-6-10-8-4-3-7-9(10)5-1;1-2-5-9-7-3-6-8(9)4-1;;/h1-2,5-6H,3-4,7-8H2;1-2,4-5H,3,6-7H2;2*1H4. The third-order valence-corrected chi connectivity index (χ3v) is 4.27. The van der Waals surface area contributed by atoms with Crippen molar-refractivity contribution in [2.75, 3.05) is 0 Å². The van der Waals surface area contributed by atoms with Gasteiger partial charge in [0.1, 0.15) is 0 Å². The van der Waals surface area contributed by atoms with Crippen molar-refractivity contribution in [3.63, 3.8) is 0 Å². The van der Waals surface area contributed by atoms with Crippen LogP contribution in [0.25, 0.3) is 0 Å². The van der Waals surface area contributed by atoms with Crippen LogP contribution in [0.3, 0.4) is 0 Å².